The molecule has 0 heterocycles. The zero-order valence-corrected chi connectivity index (χ0v) is 6.00. The molecule has 0 nitrogen and oxygen atoms in total. The van der Waals surface area contributed by atoms with Crippen molar-refractivity contribution in [2.24, 2.45) is 0 Å². The lowest BCUT2D eigenvalue weighted by Gasteiger charge is -2.06. The van der Waals surface area contributed by atoms with Crippen LogP contribution in [0.4, 0.5) is 4.39 Å². The van der Waals surface area contributed by atoms with Crippen molar-refractivity contribution in [3.05, 3.63) is 22.5 Å². The van der Waals surface area contributed by atoms with E-state index in [1.807, 2.05) is 0 Å². The molecule has 9 heavy (non-hydrogen) atoms. The molecule has 0 bridgehead atoms. The molecular weight excluding hydrogens is 139 g/mol. The topological polar surface area (TPSA) is 0 Å². The van der Waals surface area contributed by atoms with Gasteiger partial charge >= 0.3 is 0 Å². The molecule has 0 unspecified atom stereocenters. The van der Waals surface area contributed by atoms with Crippen LogP contribution in [0.2, 0.25) is 0 Å². The first kappa shape index (κ1) is 6.81. The van der Waals surface area contributed by atoms with Crippen LogP contribution in [0.3, 0.4) is 0 Å². The van der Waals surface area contributed by atoms with Gasteiger partial charge < -0.3 is 0 Å². The smallest absolute Gasteiger partial charge is 0.123 e. The van der Waals surface area contributed by atoms with Gasteiger partial charge in [0, 0.05) is 5.03 Å². The van der Waals surface area contributed by atoms with E-state index in [0.29, 0.717) is 5.03 Å². The van der Waals surface area contributed by atoms with Crippen molar-refractivity contribution < 1.29 is 4.39 Å². The molecule has 2 heteroatoms. The van der Waals surface area contributed by atoms with E-state index < -0.39 is 0 Å². The van der Waals surface area contributed by atoms with E-state index in [4.69, 9.17) is 11.6 Å². The Bertz CT molecular complexity index is 179. The molecule has 0 atom stereocenters. The molecule has 0 spiro atoms. The maximum absolute atomic E-state index is 12.5. The predicted octanol–water partition coefficient (Wildman–Crippen LogP) is 3.15. The standard InChI is InChI=1S/C7H8ClF/c1-5-2-3-6(8)4-7(5)9/h4H,2-3H2,1H3. The fourth-order valence-corrected chi connectivity index (χ4v) is 0.949. The number of hydrogen-bond donors (Lipinski definition) is 0. The highest BCUT2D eigenvalue weighted by atomic mass is 35.5. The molecule has 0 fully saturated rings. The average Bonchev–Trinajstić information content (AvgIpc) is 1.80. The van der Waals surface area contributed by atoms with E-state index in [9.17, 15) is 4.39 Å². The minimum atomic E-state index is -0.161. The van der Waals surface area contributed by atoms with Crippen LogP contribution in [0.1, 0.15) is 19.8 Å². The molecule has 1 rings (SSSR count). The zero-order chi connectivity index (χ0) is 6.85. The highest BCUT2D eigenvalue weighted by Gasteiger charge is 2.06. The molecule has 0 aliphatic heterocycles. The monoisotopic (exact) mass is 146 g/mol. The van der Waals surface area contributed by atoms with Gasteiger partial charge in [-0.2, -0.15) is 0 Å². The van der Waals surface area contributed by atoms with Crippen LogP contribution < -0.4 is 0 Å². The van der Waals surface area contributed by atoms with Crippen molar-refractivity contribution in [1.82, 2.24) is 0 Å². The Hall–Kier alpha value is -0.300. The van der Waals surface area contributed by atoms with Gasteiger partial charge in [-0.15, -0.1) is 0 Å². The second kappa shape index (κ2) is 2.53. The maximum atomic E-state index is 12.5. The first-order chi connectivity index (χ1) is 4.20. The maximum Gasteiger partial charge on any atom is 0.123 e. The van der Waals surface area contributed by atoms with Gasteiger partial charge in [0.1, 0.15) is 5.83 Å². The molecule has 1 aliphatic carbocycles. The number of hydrogen-bond acceptors (Lipinski definition) is 0. The van der Waals surface area contributed by atoms with Crippen LogP contribution in [-0.4, -0.2) is 0 Å². The molecule has 0 amide bonds. The van der Waals surface area contributed by atoms with Crippen LogP contribution in [0.25, 0.3) is 0 Å². The molecule has 0 aromatic rings. The van der Waals surface area contributed by atoms with Gasteiger partial charge in [0.05, 0.1) is 0 Å². The van der Waals surface area contributed by atoms with Crippen LogP contribution >= 0.6 is 11.6 Å². The lowest BCUT2D eigenvalue weighted by Crippen LogP contribution is -1.88. The zero-order valence-electron chi connectivity index (χ0n) is 5.25. The largest absolute Gasteiger partial charge is 0.207 e. The van der Waals surface area contributed by atoms with Gasteiger partial charge in [0.15, 0.2) is 0 Å². The van der Waals surface area contributed by atoms with Gasteiger partial charge in [-0.3, -0.25) is 0 Å². The Morgan fingerprint density at radius 1 is 1.56 bits per heavy atom. The quantitative estimate of drug-likeness (QED) is 0.493. The molecule has 0 saturated carbocycles. The first-order valence-corrected chi connectivity index (χ1v) is 3.29. The molecular formula is C7H8ClF. The second-order valence-corrected chi connectivity index (χ2v) is 2.70. The van der Waals surface area contributed by atoms with Crippen molar-refractivity contribution in [3.8, 4) is 0 Å². The van der Waals surface area contributed by atoms with Gasteiger partial charge in [-0.05, 0) is 31.4 Å². The third-order valence-electron chi connectivity index (χ3n) is 1.43. The Kier molecular flexibility index (Phi) is 1.91. The van der Waals surface area contributed by atoms with Crippen molar-refractivity contribution in [2.75, 3.05) is 0 Å². The SMILES string of the molecule is CC1=C(F)C=C(Cl)CC1. The molecule has 0 saturated heterocycles. The third kappa shape index (κ3) is 1.55. The van der Waals surface area contributed by atoms with E-state index in [1.165, 1.54) is 6.08 Å². The van der Waals surface area contributed by atoms with Crippen molar-refractivity contribution in [3.63, 3.8) is 0 Å². The predicted molar refractivity (Wildman–Crippen MR) is 37.0 cm³/mol. The minimum Gasteiger partial charge on any atom is -0.207 e. The number of rotatable bonds is 0. The lowest BCUT2D eigenvalue weighted by molar-refractivity contribution is 0.635. The van der Waals surface area contributed by atoms with Gasteiger partial charge in [-0.1, -0.05) is 11.6 Å². The summed E-state index contributed by atoms with van der Waals surface area (Å²) in [6.45, 7) is 1.79. The highest BCUT2D eigenvalue weighted by Crippen LogP contribution is 2.25. The molecule has 0 aromatic heterocycles. The van der Waals surface area contributed by atoms with Crippen LogP contribution in [0.15, 0.2) is 22.5 Å². The molecule has 50 valence electrons. The fraction of sp³-hybridized carbons (Fsp3) is 0.429. The van der Waals surface area contributed by atoms with E-state index >= 15 is 0 Å². The summed E-state index contributed by atoms with van der Waals surface area (Å²) in [5.74, 6) is -0.161. The normalized spacial score (nSPS) is 20.1. The summed E-state index contributed by atoms with van der Waals surface area (Å²) in [5.41, 5.74) is 0.805. The summed E-state index contributed by atoms with van der Waals surface area (Å²) in [4.78, 5) is 0. The fourth-order valence-electron chi connectivity index (χ4n) is 0.759. The van der Waals surface area contributed by atoms with Gasteiger partial charge in [-0.25, -0.2) is 4.39 Å². The van der Waals surface area contributed by atoms with Crippen molar-refractivity contribution in [2.45, 2.75) is 19.8 Å². The summed E-state index contributed by atoms with van der Waals surface area (Å²) in [7, 11) is 0. The molecule has 0 radical (unpaired) electrons. The number of allylic oxidation sites excluding steroid dienone is 4. The Balaban J connectivity index is 2.83. The van der Waals surface area contributed by atoms with E-state index in [0.717, 1.165) is 18.4 Å². The summed E-state index contributed by atoms with van der Waals surface area (Å²) in [5, 5.41) is 0.623. The van der Waals surface area contributed by atoms with Crippen molar-refractivity contribution in [1.29, 1.82) is 0 Å². The van der Waals surface area contributed by atoms with E-state index in [2.05, 4.69) is 0 Å². The van der Waals surface area contributed by atoms with E-state index in [1.54, 1.807) is 6.92 Å². The van der Waals surface area contributed by atoms with Gasteiger partial charge in [0.25, 0.3) is 0 Å². The van der Waals surface area contributed by atoms with Crippen LogP contribution in [0.5, 0.6) is 0 Å². The van der Waals surface area contributed by atoms with Crippen LogP contribution in [-0.2, 0) is 0 Å². The summed E-state index contributed by atoms with van der Waals surface area (Å²) >= 11 is 5.56. The first-order valence-electron chi connectivity index (χ1n) is 2.91. The average molecular weight is 147 g/mol. The second-order valence-electron chi connectivity index (χ2n) is 2.22. The molecule has 0 aromatic carbocycles. The summed E-state index contributed by atoms with van der Waals surface area (Å²) in [6.07, 6.45) is 2.95. The minimum absolute atomic E-state index is 0.161. The summed E-state index contributed by atoms with van der Waals surface area (Å²) in [6, 6.07) is 0. The number of halogens is 2. The Morgan fingerprint density at radius 2 is 2.22 bits per heavy atom. The van der Waals surface area contributed by atoms with E-state index in [-0.39, 0.29) is 5.83 Å². The summed E-state index contributed by atoms with van der Waals surface area (Å²) < 4.78 is 12.5. The highest BCUT2D eigenvalue weighted by molar-refractivity contribution is 6.29. The van der Waals surface area contributed by atoms with Gasteiger partial charge in [0.2, 0.25) is 0 Å². The Labute approximate surface area is 59.0 Å². The Morgan fingerprint density at radius 3 is 2.67 bits per heavy atom. The molecule has 0 N–H and O–H groups in total. The van der Waals surface area contributed by atoms with Crippen molar-refractivity contribution >= 4 is 11.6 Å². The van der Waals surface area contributed by atoms with Crippen LogP contribution in [0, 0.1) is 0 Å². The third-order valence-corrected chi connectivity index (χ3v) is 1.73. The molecule has 1 aliphatic rings. The lowest BCUT2D eigenvalue weighted by atomic mass is 10.1.